The number of benzene rings is 3. The van der Waals surface area contributed by atoms with Gasteiger partial charge in [0.2, 0.25) is 11.8 Å². The molecule has 1 heterocycles. The summed E-state index contributed by atoms with van der Waals surface area (Å²) in [6, 6.07) is 25.3. The lowest BCUT2D eigenvalue weighted by Crippen LogP contribution is -1.92. The van der Waals surface area contributed by atoms with E-state index >= 15 is 0 Å². The number of anilines is 2. The highest BCUT2D eigenvalue weighted by atomic mass is 16.5. The van der Waals surface area contributed by atoms with Crippen LogP contribution in [0.3, 0.4) is 0 Å². The largest absolute Gasteiger partial charge is 0.497 e. The Kier molecular flexibility index (Phi) is 4.35. The number of methoxy groups -OCH3 is 1. The van der Waals surface area contributed by atoms with Crippen LogP contribution in [0.4, 0.5) is 11.4 Å². The molecule has 0 saturated carbocycles. The third-order valence-electron chi connectivity index (χ3n) is 3.97. The van der Waals surface area contributed by atoms with Crippen LogP contribution in [0.25, 0.3) is 22.9 Å². The summed E-state index contributed by atoms with van der Waals surface area (Å²) < 4.78 is 11.1. The molecular formula is C21H17N3O2. The number of nitrogens with one attached hydrogen (secondary N) is 1. The predicted molar refractivity (Wildman–Crippen MR) is 101 cm³/mol. The first-order valence-electron chi connectivity index (χ1n) is 8.23. The zero-order valence-electron chi connectivity index (χ0n) is 14.2. The molecule has 4 aromatic rings. The first-order chi connectivity index (χ1) is 12.8. The van der Waals surface area contributed by atoms with Gasteiger partial charge in [-0.1, -0.05) is 30.3 Å². The predicted octanol–water partition coefficient (Wildman–Crippen LogP) is 5.16. The molecule has 1 aromatic heterocycles. The van der Waals surface area contributed by atoms with Crippen molar-refractivity contribution < 1.29 is 9.15 Å². The molecule has 0 aliphatic carbocycles. The zero-order valence-corrected chi connectivity index (χ0v) is 14.2. The zero-order chi connectivity index (χ0) is 17.8. The van der Waals surface area contributed by atoms with Crippen LogP contribution in [0, 0.1) is 0 Å². The minimum Gasteiger partial charge on any atom is -0.497 e. The Labute approximate surface area is 151 Å². The van der Waals surface area contributed by atoms with E-state index < -0.39 is 0 Å². The summed E-state index contributed by atoms with van der Waals surface area (Å²) in [6.45, 7) is 0. The fraction of sp³-hybridized carbons (Fsp3) is 0.0476. The van der Waals surface area contributed by atoms with Gasteiger partial charge in [0, 0.05) is 11.3 Å². The molecule has 0 unspecified atom stereocenters. The van der Waals surface area contributed by atoms with Gasteiger partial charge >= 0.3 is 0 Å². The molecule has 0 spiro atoms. The average molecular weight is 343 g/mol. The van der Waals surface area contributed by atoms with E-state index in [4.69, 9.17) is 9.15 Å². The summed E-state index contributed by atoms with van der Waals surface area (Å²) in [5.41, 5.74) is 3.60. The molecule has 0 amide bonds. The second-order valence-corrected chi connectivity index (χ2v) is 5.68. The van der Waals surface area contributed by atoms with Crippen LogP contribution >= 0.6 is 0 Å². The van der Waals surface area contributed by atoms with Crippen molar-refractivity contribution in [3.63, 3.8) is 0 Å². The van der Waals surface area contributed by atoms with Crippen molar-refractivity contribution in [1.29, 1.82) is 0 Å². The maximum absolute atomic E-state index is 5.90. The van der Waals surface area contributed by atoms with E-state index in [0.717, 1.165) is 28.3 Å². The molecule has 0 radical (unpaired) electrons. The summed E-state index contributed by atoms with van der Waals surface area (Å²) in [6.07, 6.45) is 0. The van der Waals surface area contributed by atoms with Crippen LogP contribution in [0.15, 0.2) is 83.3 Å². The number of hydrogen-bond acceptors (Lipinski definition) is 5. The topological polar surface area (TPSA) is 60.2 Å². The number of ether oxygens (including phenoxy) is 1. The number of rotatable bonds is 5. The maximum Gasteiger partial charge on any atom is 0.250 e. The summed E-state index contributed by atoms with van der Waals surface area (Å²) >= 11 is 0. The third-order valence-corrected chi connectivity index (χ3v) is 3.97. The summed E-state index contributed by atoms with van der Waals surface area (Å²) in [5, 5.41) is 11.8. The third kappa shape index (κ3) is 3.28. The summed E-state index contributed by atoms with van der Waals surface area (Å²) in [7, 11) is 1.64. The second-order valence-electron chi connectivity index (χ2n) is 5.68. The SMILES string of the molecule is COc1ccc(-c2nnc(-c3ccccc3Nc3ccccc3)o2)cc1. The van der Waals surface area contributed by atoms with E-state index in [0.29, 0.717) is 11.8 Å². The van der Waals surface area contributed by atoms with Crippen molar-refractivity contribution in [2.75, 3.05) is 12.4 Å². The minimum atomic E-state index is 0.467. The van der Waals surface area contributed by atoms with Crippen LogP contribution < -0.4 is 10.1 Å². The van der Waals surface area contributed by atoms with Gasteiger partial charge in [-0.3, -0.25) is 0 Å². The standard InChI is InChI=1S/C21H17N3O2/c1-25-17-13-11-15(12-14-17)20-23-24-21(26-20)18-9-5-6-10-19(18)22-16-7-3-2-4-8-16/h2-14,22H,1H3. The van der Waals surface area contributed by atoms with Crippen molar-refractivity contribution in [2.24, 2.45) is 0 Å². The lowest BCUT2D eigenvalue weighted by molar-refractivity contribution is 0.415. The number of hydrogen-bond donors (Lipinski definition) is 1. The fourth-order valence-electron chi connectivity index (χ4n) is 2.64. The van der Waals surface area contributed by atoms with Crippen LogP contribution in [-0.4, -0.2) is 17.3 Å². The Morgan fingerprint density at radius 1 is 0.769 bits per heavy atom. The quantitative estimate of drug-likeness (QED) is 0.542. The molecule has 4 rings (SSSR count). The van der Waals surface area contributed by atoms with E-state index in [1.165, 1.54) is 0 Å². The van der Waals surface area contributed by atoms with Gasteiger partial charge in [-0.25, -0.2) is 0 Å². The lowest BCUT2D eigenvalue weighted by atomic mass is 10.1. The van der Waals surface area contributed by atoms with E-state index in [1.54, 1.807) is 7.11 Å². The van der Waals surface area contributed by atoms with Crippen LogP contribution in [0.1, 0.15) is 0 Å². The smallest absolute Gasteiger partial charge is 0.250 e. The van der Waals surface area contributed by atoms with E-state index in [1.807, 2.05) is 78.9 Å². The van der Waals surface area contributed by atoms with Crippen LogP contribution in [0.5, 0.6) is 5.75 Å². The van der Waals surface area contributed by atoms with Gasteiger partial charge in [-0.2, -0.15) is 0 Å². The molecule has 5 heteroatoms. The molecule has 0 aliphatic rings. The molecule has 128 valence electrons. The average Bonchev–Trinajstić information content (AvgIpc) is 3.19. The Balaban J connectivity index is 1.65. The molecule has 0 fully saturated rings. The minimum absolute atomic E-state index is 0.467. The van der Waals surface area contributed by atoms with Crippen LogP contribution in [0.2, 0.25) is 0 Å². The summed E-state index contributed by atoms with van der Waals surface area (Å²) in [5.74, 6) is 1.72. The Morgan fingerprint density at radius 3 is 2.23 bits per heavy atom. The van der Waals surface area contributed by atoms with Crippen molar-refractivity contribution in [1.82, 2.24) is 10.2 Å². The Morgan fingerprint density at radius 2 is 1.46 bits per heavy atom. The monoisotopic (exact) mass is 343 g/mol. The molecule has 0 atom stereocenters. The molecule has 26 heavy (non-hydrogen) atoms. The highest BCUT2D eigenvalue weighted by Crippen LogP contribution is 2.31. The first-order valence-corrected chi connectivity index (χ1v) is 8.23. The highest BCUT2D eigenvalue weighted by molar-refractivity contribution is 5.77. The Bertz CT molecular complexity index is 995. The number of nitrogens with zero attached hydrogens (tertiary/aromatic N) is 2. The maximum atomic E-state index is 5.90. The molecule has 0 bridgehead atoms. The fourth-order valence-corrected chi connectivity index (χ4v) is 2.64. The first kappa shape index (κ1) is 15.9. The molecule has 5 nitrogen and oxygen atoms in total. The van der Waals surface area contributed by atoms with Crippen molar-refractivity contribution in [2.45, 2.75) is 0 Å². The molecule has 0 saturated heterocycles. The van der Waals surface area contributed by atoms with Gasteiger partial charge < -0.3 is 14.5 Å². The van der Waals surface area contributed by atoms with Crippen molar-refractivity contribution in [3.8, 4) is 28.7 Å². The van der Waals surface area contributed by atoms with Crippen molar-refractivity contribution in [3.05, 3.63) is 78.9 Å². The molecule has 3 aromatic carbocycles. The number of para-hydroxylation sites is 2. The van der Waals surface area contributed by atoms with Gasteiger partial charge in [0.05, 0.1) is 18.4 Å². The molecular weight excluding hydrogens is 326 g/mol. The Hall–Kier alpha value is -3.60. The molecule has 0 aliphatic heterocycles. The van der Waals surface area contributed by atoms with Gasteiger partial charge in [0.15, 0.2) is 0 Å². The highest BCUT2D eigenvalue weighted by Gasteiger charge is 2.14. The van der Waals surface area contributed by atoms with E-state index in [9.17, 15) is 0 Å². The normalized spacial score (nSPS) is 10.5. The van der Waals surface area contributed by atoms with E-state index in [2.05, 4.69) is 15.5 Å². The van der Waals surface area contributed by atoms with E-state index in [-0.39, 0.29) is 0 Å². The number of aromatic nitrogens is 2. The van der Waals surface area contributed by atoms with Gasteiger partial charge in [-0.15, -0.1) is 10.2 Å². The molecule has 1 N–H and O–H groups in total. The lowest BCUT2D eigenvalue weighted by Gasteiger charge is -2.09. The van der Waals surface area contributed by atoms with Gasteiger partial charge in [0.1, 0.15) is 5.75 Å². The second kappa shape index (κ2) is 7.11. The summed E-state index contributed by atoms with van der Waals surface area (Å²) in [4.78, 5) is 0. The van der Waals surface area contributed by atoms with Gasteiger partial charge in [0.25, 0.3) is 0 Å². The van der Waals surface area contributed by atoms with Crippen LogP contribution in [-0.2, 0) is 0 Å². The van der Waals surface area contributed by atoms with Crippen molar-refractivity contribution >= 4 is 11.4 Å². The van der Waals surface area contributed by atoms with Gasteiger partial charge in [-0.05, 0) is 48.5 Å².